The smallest absolute Gasteiger partial charge is 0.266 e. The maximum atomic E-state index is 13.1. The van der Waals surface area contributed by atoms with Crippen LogP contribution in [0.1, 0.15) is 38.7 Å². The topological polar surface area (TPSA) is 58.2 Å². The van der Waals surface area contributed by atoms with Gasteiger partial charge >= 0.3 is 0 Å². The Morgan fingerprint density at radius 2 is 1.85 bits per heavy atom. The molecule has 136 valence electrons. The van der Waals surface area contributed by atoms with Gasteiger partial charge in [-0.25, -0.2) is 4.39 Å². The molecule has 1 aliphatic rings. The maximum Gasteiger partial charge on any atom is 0.266 e. The van der Waals surface area contributed by atoms with Crippen LogP contribution in [0.15, 0.2) is 54.6 Å². The molecule has 0 spiro atoms. The molecule has 1 aliphatic heterocycles. The van der Waals surface area contributed by atoms with Gasteiger partial charge in [-0.05, 0) is 47.9 Å². The average molecular weight is 380 g/mol. The van der Waals surface area contributed by atoms with Crippen LogP contribution in [0.3, 0.4) is 0 Å². The van der Waals surface area contributed by atoms with E-state index >= 15 is 0 Å². The van der Waals surface area contributed by atoms with Gasteiger partial charge in [0, 0.05) is 18.0 Å². The molecule has 27 heavy (non-hydrogen) atoms. The largest absolute Gasteiger partial charge is 0.321 e. The van der Waals surface area contributed by atoms with E-state index in [9.17, 15) is 14.0 Å². The third kappa shape index (κ3) is 3.36. The first kappa shape index (κ1) is 17.4. The van der Waals surface area contributed by atoms with Gasteiger partial charge in [0.25, 0.3) is 5.91 Å². The van der Waals surface area contributed by atoms with E-state index in [1.807, 2.05) is 37.3 Å². The first-order valence-electron chi connectivity index (χ1n) is 8.58. The Hall–Kier alpha value is -2.99. The number of hydrogen-bond acceptors (Lipinski definition) is 3. The number of rotatable bonds is 3. The van der Waals surface area contributed by atoms with E-state index in [1.54, 1.807) is 0 Å². The van der Waals surface area contributed by atoms with E-state index in [-0.39, 0.29) is 23.5 Å². The lowest BCUT2D eigenvalue weighted by Gasteiger charge is -2.24. The van der Waals surface area contributed by atoms with E-state index in [0.29, 0.717) is 17.0 Å². The van der Waals surface area contributed by atoms with Gasteiger partial charge in [0.05, 0.1) is 9.88 Å². The van der Waals surface area contributed by atoms with Crippen LogP contribution < -0.4 is 10.6 Å². The van der Waals surface area contributed by atoms with Gasteiger partial charge < -0.3 is 10.6 Å². The summed E-state index contributed by atoms with van der Waals surface area (Å²) in [5, 5.41) is 6.41. The van der Waals surface area contributed by atoms with Crippen molar-refractivity contribution in [1.82, 2.24) is 0 Å². The van der Waals surface area contributed by atoms with Crippen molar-refractivity contribution in [2.24, 2.45) is 0 Å². The fraction of sp³-hybridized carbons (Fsp3) is 0.143. The fourth-order valence-corrected chi connectivity index (χ4v) is 4.59. The average Bonchev–Trinajstić information content (AvgIpc) is 3.00. The zero-order valence-electron chi connectivity index (χ0n) is 14.6. The summed E-state index contributed by atoms with van der Waals surface area (Å²) in [6.07, 6.45) is 0.355. The molecule has 2 heterocycles. The van der Waals surface area contributed by atoms with Gasteiger partial charge in [-0.3, -0.25) is 9.59 Å². The monoisotopic (exact) mass is 380 g/mol. The van der Waals surface area contributed by atoms with Crippen LogP contribution >= 0.6 is 11.3 Å². The lowest BCUT2D eigenvalue weighted by molar-refractivity contribution is -0.116. The first-order chi connectivity index (χ1) is 13.0. The summed E-state index contributed by atoms with van der Waals surface area (Å²) in [7, 11) is 0. The van der Waals surface area contributed by atoms with Gasteiger partial charge in [-0.1, -0.05) is 30.3 Å². The maximum absolute atomic E-state index is 13.1. The quantitative estimate of drug-likeness (QED) is 0.677. The molecule has 4 rings (SSSR count). The molecule has 0 fully saturated rings. The number of benzene rings is 2. The molecule has 4 nitrogen and oxygen atoms in total. The van der Waals surface area contributed by atoms with Crippen molar-refractivity contribution in [3.8, 4) is 0 Å². The van der Waals surface area contributed by atoms with Crippen molar-refractivity contribution >= 4 is 33.8 Å². The third-order valence-corrected chi connectivity index (χ3v) is 5.92. The van der Waals surface area contributed by atoms with Crippen LogP contribution in [0.5, 0.6) is 0 Å². The molecule has 0 radical (unpaired) electrons. The van der Waals surface area contributed by atoms with Crippen LogP contribution in [-0.2, 0) is 4.79 Å². The Kier molecular flexibility index (Phi) is 4.49. The number of anilines is 2. The second kappa shape index (κ2) is 6.96. The molecule has 0 saturated carbocycles. The number of amides is 2. The van der Waals surface area contributed by atoms with Crippen LogP contribution in [0, 0.1) is 12.7 Å². The molecule has 1 atom stereocenters. The summed E-state index contributed by atoms with van der Waals surface area (Å²) < 4.78 is 13.1. The molecule has 0 aliphatic carbocycles. The number of carbonyl (C=O) groups excluding carboxylic acids is 2. The normalized spacial score (nSPS) is 15.8. The summed E-state index contributed by atoms with van der Waals surface area (Å²) >= 11 is 1.28. The highest BCUT2D eigenvalue weighted by Gasteiger charge is 2.32. The van der Waals surface area contributed by atoms with E-state index < -0.39 is 0 Å². The van der Waals surface area contributed by atoms with Crippen LogP contribution in [-0.4, -0.2) is 11.8 Å². The lowest BCUT2D eigenvalue weighted by atomic mass is 9.85. The van der Waals surface area contributed by atoms with Crippen molar-refractivity contribution < 1.29 is 14.0 Å². The van der Waals surface area contributed by atoms with Gasteiger partial charge in [0.1, 0.15) is 5.82 Å². The molecular formula is C21H17FN2O2S. The van der Waals surface area contributed by atoms with E-state index in [2.05, 4.69) is 10.6 Å². The summed E-state index contributed by atoms with van der Waals surface area (Å²) in [6.45, 7) is 1.91. The molecule has 2 amide bonds. The van der Waals surface area contributed by atoms with Gasteiger partial charge in [-0.15, -0.1) is 11.3 Å². The molecular weight excluding hydrogens is 363 g/mol. The molecule has 2 N–H and O–H groups in total. The molecule has 0 bridgehead atoms. The summed E-state index contributed by atoms with van der Waals surface area (Å²) in [5.74, 6) is -0.745. The van der Waals surface area contributed by atoms with Crippen molar-refractivity contribution in [2.75, 3.05) is 10.6 Å². The Morgan fingerprint density at radius 3 is 2.56 bits per heavy atom. The zero-order valence-corrected chi connectivity index (χ0v) is 15.4. The Labute approximate surface area is 160 Å². The number of thiophene rings is 1. The standard InChI is InChI=1S/C21H17FN2O2S/c1-12-18-16(13-5-3-2-4-6-13)11-17(25)24-21(18)27-19(12)20(26)23-15-9-7-14(22)8-10-15/h2-10,16H,11H2,1H3,(H,23,26)(H,24,25)/t16-/m0/s1. The molecule has 2 aromatic carbocycles. The van der Waals surface area contributed by atoms with Crippen molar-refractivity contribution in [2.45, 2.75) is 19.3 Å². The van der Waals surface area contributed by atoms with Crippen molar-refractivity contribution in [1.29, 1.82) is 0 Å². The lowest BCUT2D eigenvalue weighted by Crippen LogP contribution is -2.22. The second-order valence-electron chi connectivity index (χ2n) is 6.48. The first-order valence-corrected chi connectivity index (χ1v) is 9.39. The second-order valence-corrected chi connectivity index (χ2v) is 7.50. The predicted molar refractivity (Wildman–Crippen MR) is 105 cm³/mol. The minimum Gasteiger partial charge on any atom is -0.321 e. The van der Waals surface area contributed by atoms with Crippen LogP contribution in [0.4, 0.5) is 15.1 Å². The van der Waals surface area contributed by atoms with E-state index in [4.69, 9.17) is 0 Å². The summed E-state index contributed by atoms with van der Waals surface area (Å²) in [6, 6.07) is 15.5. The van der Waals surface area contributed by atoms with E-state index in [0.717, 1.165) is 21.7 Å². The molecule has 6 heteroatoms. The van der Waals surface area contributed by atoms with Gasteiger partial charge in [0.2, 0.25) is 5.91 Å². The van der Waals surface area contributed by atoms with Gasteiger partial charge in [-0.2, -0.15) is 0 Å². The van der Waals surface area contributed by atoms with Crippen molar-refractivity contribution in [3.63, 3.8) is 0 Å². The number of halogens is 1. The fourth-order valence-electron chi connectivity index (χ4n) is 3.41. The Balaban J connectivity index is 1.69. The minimum absolute atomic E-state index is 0.0527. The highest BCUT2D eigenvalue weighted by molar-refractivity contribution is 7.18. The minimum atomic E-state index is -0.357. The number of fused-ring (bicyclic) bond motifs is 1. The molecule has 1 aromatic heterocycles. The molecule has 3 aromatic rings. The van der Waals surface area contributed by atoms with Crippen LogP contribution in [0.25, 0.3) is 0 Å². The molecule has 0 unspecified atom stereocenters. The highest BCUT2D eigenvalue weighted by Crippen LogP contribution is 2.45. The Morgan fingerprint density at radius 1 is 1.15 bits per heavy atom. The third-order valence-electron chi connectivity index (χ3n) is 4.69. The number of hydrogen-bond donors (Lipinski definition) is 2. The van der Waals surface area contributed by atoms with E-state index in [1.165, 1.54) is 35.6 Å². The summed E-state index contributed by atoms with van der Waals surface area (Å²) in [5.41, 5.74) is 3.44. The number of nitrogens with one attached hydrogen (secondary N) is 2. The summed E-state index contributed by atoms with van der Waals surface area (Å²) in [4.78, 5) is 25.5. The zero-order chi connectivity index (χ0) is 19.0. The highest BCUT2D eigenvalue weighted by atomic mass is 32.1. The van der Waals surface area contributed by atoms with Crippen LogP contribution in [0.2, 0.25) is 0 Å². The Bertz CT molecular complexity index is 1010. The van der Waals surface area contributed by atoms with Gasteiger partial charge in [0.15, 0.2) is 0 Å². The SMILES string of the molecule is Cc1c(C(=O)Nc2ccc(F)cc2)sc2c1[C@H](c1ccccc1)CC(=O)N2. The predicted octanol–water partition coefficient (Wildman–Crippen LogP) is 4.92. The number of carbonyl (C=O) groups is 2. The molecule has 0 saturated heterocycles. The van der Waals surface area contributed by atoms with Crippen molar-refractivity contribution in [3.05, 3.63) is 82.0 Å².